The van der Waals surface area contributed by atoms with Crippen LogP contribution in [0.1, 0.15) is 6.42 Å². The van der Waals surface area contributed by atoms with Crippen molar-refractivity contribution in [1.82, 2.24) is 5.32 Å². The van der Waals surface area contributed by atoms with Gasteiger partial charge in [0.2, 0.25) is 0 Å². The summed E-state index contributed by atoms with van der Waals surface area (Å²) in [4.78, 5) is 23.0. The van der Waals surface area contributed by atoms with Gasteiger partial charge in [-0.3, -0.25) is 4.79 Å². The van der Waals surface area contributed by atoms with Crippen LogP contribution < -0.4 is 10.1 Å². The van der Waals surface area contributed by atoms with Crippen LogP contribution in [0.2, 0.25) is 5.02 Å². The quantitative estimate of drug-likeness (QED) is 0.853. The molecule has 1 aliphatic heterocycles. The van der Waals surface area contributed by atoms with Gasteiger partial charge in [-0.15, -0.1) is 0 Å². The largest absolute Gasteiger partial charge is 0.482 e. The molecular weight excluding hydrogens is 305 g/mol. The minimum Gasteiger partial charge on any atom is -0.482 e. The monoisotopic (exact) mass is 317 g/mol. The van der Waals surface area contributed by atoms with Gasteiger partial charge in [-0.2, -0.15) is 0 Å². The fourth-order valence-corrected chi connectivity index (χ4v) is 2.15. The minimum absolute atomic E-state index is 0.0277. The Balaban J connectivity index is 1.94. The zero-order chi connectivity index (χ0) is 15.5. The molecule has 8 heteroatoms. The molecule has 6 nitrogen and oxygen atoms in total. The molecule has 21 heavy (non-hydrogen) atoms. The maximum absolute atomic E-state index is 12.9. The highest BCUT2D eigenvalue weighted by molar-refractivity contribution is 6.32. The highest BCUT2D eigenvalue weighted by atomic mass is 35.5. The third kappa shape index (κ3) is 3.62. The highest BCUT2D eigenvalue weighted by Crippen LogP contribution is 2.25. The molecule has 0 aromatic heterocycles. The number of hydrogen-bond donors (Lipinski definition) is 2. The van der Waals surface area contributed by atoms with E-state index < -0.39 is 29.8 Å². The zero-order valence-corrected chi connectivity index (χ0v) is 11.7. The first-order valence-corrected chi connectivity index (χ1v) is 6.51. The Kier molecular flexibility index (Phi) is 4.64. The van der Waals surface area contributed by atoms with Crippen molar-refractivity contribution in [3.05, 3.63) is 29.0 Å². The number of carbonyl (C=O) groups is 2. The lowest BCUT2D eigenvalue weighted by Gasteiger charge is -2.23. The van der Waals surface area contributed by atoms with E-state index in [9.17, 15) is 19.1 Å². The summed E-state index contributed by atoms with van der Waals surface area (Å²) < 4.78 is 23.0. The van der Waals surface area contributed by atoms with Crippen molar-refractivity contribution in [2.24, 2.45) is 0 Å². The summed E-state index contributed by atoms with van der Waals surface area (Å²) in [6, 6.07) is 3.48. The number of carboxylic acid groups (broad SMARTS) is 1. The van der Waals surface area contributed by atoms with Crippen molar-refractivity contribution in [2.75, 3.05) is 19.8 Å². The molecule has 1 aromatic rings. The van der Waals surface area contributed by atoms with E-state index in [-0.39, 0.29) is 30.4 Å². The molecule has 1 atom stereocenters. The lowest BCUT2D eigenvalue weighted by molar-refractivity contribution is -0.148. The Labute approximate surface area is 124 Å². The van der Waals surface area contributed by atoms with Gasteiger partial charge >= 0.3 is 5.97 Å². The lowest BCUT2D eigenvalue weighted by Crippen LogP contribution is -2.56. The topological polar surface area (TPSA) is 84.9 Å². The molecule has 1 fully saturated rings. The molecule has 2 N–H and O–H groups in total. The summed E-state index contributed by atoms with van der Waals surface area (Å²) in [5, 5.41) is 11.6. The Morgan fingerprint density at radius 1 is 1.52 bits per heavy atom. The van der Waals surface area contributed by atoms with Gasteiger partial charge in [0.1, 0.15) is 11.6 Å². The Bertz CT molecular complexity index is 559. The van der Waals surface area contributed by atoms with Crippen molar-refractivity contribution < 1.29 is 28.6 Å². The SMILES string of the molecule is O=C(COc1ccc(F)cc1Cl)NC1(C(=O)O)CCOC1. The maximum Gasteiger partial charge on any atom is 0.331 e. The van der Waals surface area contributed by atoms with Crippen LogP contribution in [0.25, 0.3) is 0 Å². The minimum atomic E-state index is -1.42. The first-order valence-electron chi connectivity index (χ1n) is 6.13. The number of amides is 1. The molecule has 2 rings (SSSR count). The third-order valence-electron chi connectivity index (χ3n) is 3.06. The van der Waals surface area contributed by atoms with Gasteiger partial charge in [-0.05, 0) is 18.2 Å². The van der Waals surface area contributed by atoms with Crippen LogP contribution in [0.15, 0.2) is 18.2 Å². The summed E-state index contributed by atoms with van der Waals surface area (Å²) in [5.41, 5.74) is -1.42. The van der Waals surface area contributed by atoms with Gasteiger partial charge in [0.15, 0.2) is 12.1 Å². The summed E-state index contributed by atoms with van der Waals surface area (Å²) in [6.07, 6.45) is 0.186. The molecule has 0 radical (unpaired) electrons. The maximum atomic E-state index is 12.9. The fraction of sp³-hybridized carbons (Fsp3) is 0.385. The zero-order valence-electron chi connectivity index (χ0n) is 10.9. The highest BCUT2D eigenvalue weighted by Gasteiger charge is 2.43. The molecule has 0 spiro atoms. The average Bonchev–Trinajstić information content (AvgIpc) is 2.87. The Morgan fingerprint density at radius 3 is 2.86 bits per heavy atom. The second-order valence-electron chi connectivity index (χ2n) is 4.60. The van der Waals surface area contributed by atoms with Gasteiger partial charge in [0.25, 0.3) is 5.91 Å². The Morgan fingerprint density at radius 2 is 2.29 bits per heavy atom. The number of halogens is 2. The van der Waals surface area contributed by atoms with Crippen molar-refractivity contribution >= 4 is 23.5 Å². The molecular formula is C13H13ClFNO5. The standard InChI is InChI=1S/C13H13ClFNO5/c14-9-5-8(15)1-2-10(9)21-6-11(17)16-13(12(18)19)3-4-20-7-13/h1-2,5H,3-4,6-7H2,(H,16,17)(H,18,19). The van der Waals surface area contributed by atoms with Gasteiger partial charge in [0, 0.05) is 13.0 Å². The predicted octanol–water partition coefficient (Wildman–Crippen LogP) is 1.22. The van der Waals surface area contributed by atoms with E-state index >= 15 is 0 Å². The second kappa shape index (κ2) is 6.28. The number of hydrogen-bond acceptors (Lipinski definition) is 4. The van der Waals surface area contributed by atoms with Crippen LogP contribution in [0.5, 0.6) is 5.75 Å². The molecule has 114 valence electrons. The number of carboxylic acids is 1. The normalized spacial score (nSPS) is 21.0. The smallest absolute Gasteiger partial charge is 0.331 e. The van der Waals surface area contributed by atoms with Crippen molar-refractivity contribution in [2.45, 2.75) is 12.0 Å². The van der Waals surface area contributed by atoms with Crippen LogP contribution in [0.3, 0.4) is 0 Å². The van der Waals surface area contributed by atoms with Crippen molar-refractivity contribution in [3.63, 3.8) is 0 Å². The summed E-state index contributed by atoms with van der Waals surface area (Å²) in [6.45, 7) is -0.261. The van der Waals surface area contributed by atoms with E-state index in [1.807, 2.05) is 0 Å². The van der Waals surface area contributed by atoms with Crippen molar-refractivity contribution in [3.8, 4) is 5.75 Å². The van der Waals surface area contributed by atoms with E-state index in [0.29, 0.717) is 0 Å². The molecule has 1 aromatic carbocycles. The average molecular weight is 318 g/mol. The van der Waals surface area contributed by atoms with Crippen LogP contribution in [0, 0.1) is 5.82 Å². The lowest BCUT2D eigenvalue weighted by atomic mass is 9.99. The number of benzene rings is 1. The van der Waals surface area contributed by atoms with Gasteiger partial charge in [-0.25, -0.2) is 9.18 Å². The molecule has 0 aliphatic carbocycles. The van der Waals surface area contributed by atoms with Gasteiger partial charge < -0.3 is 19.9 Å². The fourth-order valence-electron chi connectivity index (χ4n) is 1.92. The van der Waals surface area contributed by atoms with E-state index in [1.54, 1.807) is 0 Å². The van der Waals surface area contributed by atoms with E-state index in [1.165, 1.54) is 6.07 Å². The molecule has 0 bridgehead atoms. The van der Waals surface area contributed by atoms with Crippen LogP contribution in [-0.2, 0) is 14.3 Å². The molecule has 0 saturated carbocycles. The van der Waals surface area contributed by atoms with E-state index in [2.05, 4.69) is 5.32 Å². The Hall–Kier alpha value is -1.86. The molecule has 1 unspecified atom stereocenters. The number of nitrogens with one attached hydrogen (secondary N) is 1. The first kappa shape index (κ1) is 15.5. The summed E-state index contributed by atoms with van der Waals surface area (Å²) in [5.74, 6) is -2.17. The van der Waals surface area contributed by atoms with Crippen LogP contribution in [0.4, 0.5) is 4.39 Å². The number of aliphatic carboxylic acids is 1. The molecule has 1 heterocycles. The predicted molar refractivity (Wildman–Crippen MR) is 70.9 cm³/mol. The van der Waals surface area contributed by atoms with Crippen LogP contribution >= 0.6 is 11.6 Å². The second-order valence-corrected chi connectivity index (χ2v) is 5.01. The number of carbonyl (C=O) groups excluding carboxylic acids is 1. The van der Waals surface area contributed by atoms with E-state index in [0.717, 1.165) is 12.1 Å². The molecule has 1 amide bonds. The van der Waals surface area contributed by atoms with Crippen LogP contribution in [-0.4, -0.2) is 42.3 Å². The van der Waals surface area contributed by atoms with Gasteiger partial charge in [-0.1, -0.05) is 11.6 Å². The summed E-state index contributed by atoms with van der Waals surface area (Å²) in [7, 11) is 0. The van der Waals surface area contributed by atoms with Crippen molar-refractivity contribution in [1.29, 1.82) is 0 Å². The molecule has 1 saturated heterocycles. The summed E-state index contributed by atoms with van der Waals surface area (Å²) >= 11 is 5.75. The third-order valence-corrected chi connectivity index (χ3v) is 3.36. The van der Waals surface area contributed by atoms with E-state index in [4.69, 9.17) is 21.1 Å². The number of rotatable bonds is 5. The van der Waals surface area contributed by atoms with Gasteiger partial charge in [0.05, 0.1) is 11.6 Å². The molecule has 1 aliphatic rings. The first-order chi connectivity index (χ1) is 9.93. The number of ether oxygens (including phenoxy) is 2.